The van der Waals surface area contributed by atoms with E-state index in [9.17, 15) is 4.39 Å². The summed E-state index contributed by atoms with van der Waals surface area (Å²) in [6.07, 6.45) is 6.20. The number of nitrogens with zero attached hydrogens (tertiary/aromatic N) is 2. The molecular weight excluding hydrogens is 257 g/mol. The van der Waals surface area contributed by atoms with Crippen LogP contribution in [0.2, 0.25) is 0 Å². The molecule has 1 saturated heterocycles. The Balaban J connectivity index is 1.75. The van der Waals surface area contributed by atoms with Crippen molar-refractivity contribution in [1.29, 1.82) is 0 Å². The zero-order chi connectivity index (χ0) is 13.9. The third kappa shape index (κ3) is 3.27. The van der Waals surface area contributed by atoms with Crippen LogP contribution in [-0.4, -0.2) is 37.3 Å². The highest BCUT2D eigenvalue weighted by atomic mass is 19.1. The normalized spacial score (nSPS) is 23.1. The van der Waals surface area contributed by atoms with Crippen molar-refractivity contribution in [2.75, 3.05) is 25.1 Å². The lowest BCUT2D eigenvalue weighted by Crippen LogP contribution is -2.40. The largest absolute Gasteiger partial charge is 0.380 e. The maximum Gasteiger partial charge on any atom is 0.141 e. The first-order chi connectivity index (χ1) is 9.76. The monoisotopic (exact) mass is 279 g/mol. The van der Waals surface area contributed by atoms with E-state index in [1.165, 1.54) is 19.0 Å². The van der Waals surface area contributed by atoms with Crippen LogP contribution < -0.4 is 10.2 Å². The Morgan fingerprint density at radius 3 is 3.05 bits per heavy atom. The highest BCUT2D eigenvalue weighted by molar-refractivity contribution is 5.47. The van der Waals surface area contributed by atoms with Crippen LogP contribution in [0.4, 0.5) is 10.2 Å². The first-order valence-electron chi connectivity index (χ1n) is 7.42. The number of nitrogens with one attached hydrogen (secondary N) is 1. The second kappa shape index (κ2) is 6.06. The Morgan fingerprint density at radius 2 is 2.30 bits per heavy atom. The van der Waals surface area contributed by atoms with Crippen LogP contribution in [0, 0.1) is 5.82 Å². The highest BCUT2D eigenvalue weighted by Crippen LogP contribution is 2.25. The molecule has 0 bridgehead atoms. The predicted molar refractivity (Wildman–Crippen MR) is 76.3 cm³/mol. The zero-order valence-electron chi connectivity index (χ0n) is 11.9. The van der Waals surface area contributed by atoms with Crippen molar-refractivity contribution in [3.63, 3.8) is 0 Å². The molecule has 2 heterocycles. The van der Waals surface area contributed by atoms with Gasteiger partial charge in [0, 0.05) is 38.3 Å². The molecule has 1 saturated carbocycles. The summed E-state index contributed by atoms with van der Waals surface area (Å²) >= 11 is 0. The molecule has 1 aromatic rings. The average Bonchev–Trinajstić information content (AvgIpc) is 3.29. The molecule has 0 aromatic carbocycles. The molecule has 20 heavy (non-hydrogen) atoms. The summed E-state index contributed by atoms with van der Waals surface area (Å²) in [5.41, 5.74) is 0.952. The van der Waals surface area contributed by atoms with Gasteiger partial charge in [0.25, 0.3) is 0 Å². The number of halogens is 1. The number of ether oxygens (including phenoxy) is 1. The van der Waals surface area contributed by atoms with E-state index in [0.29, 0.717) is 12.6 Å². The van der Waals surface area contributed by atoms with Gasteiger partial charge >= 0.3 is 0 Å². The number of anilines is 1. The van der Waals surface area contributed by atoms with Gasteiger partial charge in [-0.05, 0) is 31.7 Å². The molecule has 1 aliphatic carbocycles. The molecule has 5 heteroatoms. The lowest BCUT2D eigenvalue weighted by atomic mass is 10.1. The van der Waals surface area contributed by atoms with Crippen LogP contribution in [0.5, 0.6) is 0 Å². The van der Waals surface area contributed by atoms with Crippen molar-refractivity contribution in [3.05, 3.63) is 23.6 Å². The molecule has 0 radical (unpaired) electrons. The average molecular weight is 279 g/mol. The van der Waals surface area contributed by atoms with Gasteiger partial charge in [-0.3, -0.25) is 0 Å². The number of methoxy groups -OCH3 is 1. The van der Waals surface area contributed by atoms with E-state index in [1.807, 2.05) is 0 Å². The number of pyridine rings is 1. The van der Waals surface area contributed by atoms with E-state index < -0.39 is 0 Å². The Morgan fingerprint density at radius 1 is 1.45 bits per heavy atom. The minimum Gasteiger partial charge on any atom is -0.380 e. The van der Waals surface area contributed by atoms with Gasteiger partial charge in [0.15, 0.2) is 0 Å². The molecule has 110 valence electrons. The fourth-order valence-corrected chi connectivity index (χ4v) is 2.75. The van der Waals surface area contributed by atoms with Crippen molar-refractivity contribution in [2.45, 2.75) is 44.4 Å². The van der Waals surface area contributed by atoms with Gasteiger partial charge in [-0.2, -0.15) is 0 Å². The molecular formula is C15H22FN3O. The van der Waals surface area contributed by atoms with E-state index in [-0.39, 0.29) is 11.9 Å². The fourth-order valence-electron chi connectivity index (χ4n) is 2.75. The van der Waals surface area contributed by atoms with Crippen molar-refractivity contribution < 1.29 is 9.13 Å². The minimum absolute atomic E-state index is 0.250. The second-order valence-electron chi connectivity index (χ2n) is 5.74. The standard InChI is InChI=1S/C15H22FN3O/c1-20-14-3-2-6-19(10-14)15-11(7-12(16)9-18-15)8-17-13-4-5-13/h7,9,13-14,17H,2-6,8,10H2,1H3. The summed E-state index contributed by atoms with van der Waals surface area (Å²) in [5.74, 6) is 0.642. The summed E-state index contributed by atoms with van der Waals surface area (Å²) in [4.78, 5) is 6.55. The molecule has 0 spiro atoms. The third-order valence-electron chi connectivity index (χ3n) is 4.08. The van der Waals surface area contributed by atoms with Crippen LogP contribution >= 0.6 is 0 Å². The Bertz CT molecular complexity index is 464. The Kier molecular flexibility index (Phi) is 4.17. The summed E-state index contributed by atoms with van der Waals surface area (Å²) in [5, 5.41) is 3.44. The minimum atomic E-state index is -0.262. The number of hydrogen-bond acceptors (Lipinski definition) is 4. The van der Waals surface area contributed by atoms with Gasteiger partial charge in [-0.15, -0.1) is 0 Å². The number of hydrogen-bond donors (Lipinski definition) is 1. The maximum atomic E-state index is 13.5. The smallest absolute Gasteiger partial charge is 0.141 e. The quantitative estimate of drug-likeness (QED) is 0.895. The van der Waals surface area contributed by atoms with Crippen LogP contribution in [0.25, 0.3) is 0 Å². The summed E-state index contributed by atoms with van der Waals surface area (Å²) < 4.78 is 18.9. The molecule has 0 amide bonds. The molecule has 1 aliphatic heterocycles. The van der Waals surface area contributed by atoms with Gasteiger partial charge in [0.1, 0.15) is 11.6 Å². The molecule has 1 aromatic heterocycles. The lowest BCUT2D eigenvalue weighted by Gasteiger charge is -2.34. The SMILES string of the molecule is COC1CCCN(c2ncc(F)cc2CNC2CC2)C1. The van der Waals surface area contributed by atoms with Gasteiger partial charge < -0.3 is 15.0 Å². The second-order valence-corrected chi connectivity index (χ2v) is 5.74. The fraction of sp³-hybridized carbons (Fsp3) is 0.667. The first-order valence-corrected chi connectivity index (χ1v) is 7.42. The van der Waals surface area contributed by atoms with Crippen molar-refractivity contribution in [1.82, 2.24) is 10.3 Å². The number of piperidine rings is 1. The van der Waals surface area contributed by atoms with Crippen LogP contribution in [0.3, 0.4) is 0 Å². The summed E-state index contributed by atoms with van der Waals surface area (Å²) in [6, 6.07) is 2.22. The van der Waals surface area contributed by atoms with Gasteiger partial charge in [0.05, 0.1) is 12.3 Å². The van der Waals surface area contributed by atoms with E-state index in [1.54, 1.807) is 13.2 Å². The maximum absolute atomic E-state index is 13.5. The third-order valence-corrected chi connectivity index (χ3v) is 4.08. The number of rotatable bonds is 5. The highest BCUT2D eigenvalue weighted by Gasteiger charge is 2.24. The molecule has 3 rings (SSSR count). The Labute approximate surface area is 119 Å². The first kappa shape index (κ1) is 13.8. The topological polar surface area (TPSA) is 37.4 Å². The lowest BCUT2D eigenvalue weighted by molar-refractivity contribution is 0.0891. The molecule has 2 fully saturated rings. The van der Waals surface area contributed by atoms with E-state index >= 15 is 0 Å². The molecule has 4 nitrogen and oxygen atoms in total. The molecule has 1 unspecified atom stereocenters. The molecule has 2 aliphatic rings. The number of aromatic nitrogens is 1. The molecule has 1 N–H and O–H groups in total. The summed E-state index contributed by atoms with van der Waals surface area (Å²) in [7, 11) is 1.75. The Hall–Kier alpha value is -1.20. The predicted octanol–water partition coefficient (Wildman–Crippen LogP) is 2.09. The van der Waals surface area contributed by atoms with Crippen molar-refractivity contribution >= 4 is 5.82 Å². The van der Waals surface area contributed by atoms with Crippen LogP contribution in [0.1, 0.15) is 31.2 Å². The van der Waals surface area contributed by atoms with E-state index in [2.05, 4.69) is 15.2 Å². The van der Waals surface area contributed by atoms with Crippen LogP contribution in [0.15, 0.2) is 12.3 Å². The van der Waals surface area contributed by atoms with Gasteiger partial charge in [-0.1, -0.05) is 0 Å². The van der Waals surface area contributed by atoms with Crippen molar-refractivity contribution in [2.24, 2.45) is 0 Å². The van der Waals surface area contributed by atoms with Gasteiger partial charge in [0.2, 0.25) is 0 Å². The van der Waals surface area contributed by atoms with Crippen molar-refractivity contribution in [3.8, 4) is 0 Å². The van der Waals surface area contributed by atoms with Gasteiger partial charge in [-0.25, -0.2) is 9.37 Å². The summed E-state index contributed by atoms with van der Waals surface area (Å²) in [6.45, 7) is 2.50. The van der Waals surface area contributed by atoms with E-state index in [0.717, 1.165) is 37.3 Å². The van der Waals surface area contributed by atoms with Crippen LogP contribution in [-0.2, 0) is 11.3 Å². The molecule has 1 atom stereocenters. The van der Waals surface area contributed by atoms with E-state index in [4.69, 9.17) is 4.74 Å². The zero-order valence-corrected chi connectivity index (χ0v) is 11.9.